The molecule has 7 nitrogen and oxygen atoms in total. The lowest BCUT2D eigenvalue weighted by Crippen LogP contribution is -2.47. The predicted octanol–water partition coefficient (Wildman–Crippen LogP) is 6.36. The molecule has 0 spiro atoms. The van der Waals surface area contributed by atoms with Gasteiger partial charge in [0.25, 0.3) is 5.91 Å². The fraction of sp³-hybridized carbons (Fsp3) is 0.364. The minimum atomic E-state index is -0.136. The Balaban J connectivity index is 1.12. The highest BCUT2D eigenvalue weighted by Gasteiger charge is 2.19. The number of para-hydroxylation sites is 2. The van der Waals surface area contributed by atoms with Crippen LogP contribution in [-0.4, -0.2) is 73.3 Å². The summed E-state index contributed by atoms with van der Waals surface area (Å²) in [7, 11) is 1.67. The summed E-state index contributed by atoms with van der Waals surface area (Å²) in [6.07, 6.45) is 3.96. The number of benzene rings is 3. The van der Waals surface area contributed by atoms with E-state index in [0.717, 1.165) is 93.2 Å². The van der Waals surface area contributed by atoms with Crippen molar-refractivity contribution in [2.24, 2.45) is 0 Å². The number of nitrogens with zero attached hydrogens (tertiary/aromatic N) is 3. The van der Waals surface area contributed by atoms with Gasteiger partial charge in [-0.1, -0.05) is 59.6 Å². The van der Waals surface area contributed by atoms with E-state index in [9.17, 15) is 4.79 Å². The van der Waals surface area contributed by atoms with E-state index in [1.807, 2.05) is 60.8 Å². The number of fused-ring (bicyclic) bond motifs is 1. The smallest absolute Gasteiger partial charge is 0.253 e. The average Bonchev–Trinajstić information content (AvgIpc) is 3.40. The molecule has 0 radical (unpaired) electrons. The number of hydrogen-bond acceptors (Lipinski definition) is 5. The molecule has 1 saturated heterocycles. The monoisotopic (exact) mass is 608 g/mol. The highest BCUT2D eigenvalue weighted by Crippen LogP contribution is 2.30. The van der Waals surface area contributed by atoms with Gasteiger partial charge in [0.1, 0.15) is 11.5 Å². The summed E-state index contributed by atoms with van der Waals surface area (Å²) in [6.45, 7) is 8.27. The summed E-state index contributed by atoms with van der Waals surface area (Å²) in [5.74, 6) is 1.57. The lowest BCUT2D eigenvalue weighted by atomic mass is 10.1. The number of ether oxygens (including phenoxy) is 2. The Morgan fingerprint density at radius 2 is 1.60 bits per heavy atom. The molecule has 42 heavy (non-hydrogen) atoms. The van der Waals surface area contributed by atoms with E-state index in [1.54, 1.807) is 19.2 Å². The Hall–Kier alpha value is -3.23. The van der Waals surface area contributed by atoms with Crippen molar-refractivity contribution in [1.82, 2.24) is 19.7 Å². The van der Waals surface area contributed by atoms with Gasteiger partial charge in [0, 0.05) is 57.4 Å². The van der Waals surface area contributed by atoms with Crippen LogP contribution in [0.1, 0.15) is 28.8 Å². The molecule has 0 unspecified atom stereocenters. The Kier molecular flexibility index (Phi) is 10.6. The van der Waals surface area contributed by atoms with E-state index in [2.05, 4.69) is 19.7 Å². The van der Waals surface area contributed by atoms with E-state index < -0.39 is 0 Å². The van der Waals surface area contributed by atoms with Crippen molar-refractivity contribution in [3.63, 3.8) is 0 Å². The first-order valence-electron chi connectivity index (χ1n) is 14.5. The quantitative estimate of drug-likeness (QED) is 0.179. The molecule has 1 aromatic heterocycles. The predicted molar refractivity (Wildman–Crippen MR) is 170 cm³/mol. The third-order valence-electron chi connectivity index (χ3n) is 7.73. The molecule has 4 aromatic rings. The second kappa shape index (κ2) is 14.8. The van der Waals surface area contributed by atoms with Gasteiger partial charge in [0.2, 0.25) is 0 Å². The Morgan fingerprint density at radius 1 is 0.857 bits per heavy atom. The molecule has 0 atom stereocenters. The van der Waals surface area contributed by atoms with Crippen LogP contribution in [0.4, 0.5) is 0 Å². The van der Waals surface area contributed by atoms with Crippen molar-refractivity contribution in [3.05, 3.63) is 94.1 Å². The van der Waals surface area contributed by atoms with E-state index in [1.165, 1.54) is 0 Å². The van der Waals surface area contributed by atoms with E-state index in [-0.39, 0.29) is 5.91 Å². The van der Waals surface area contributed by atoms with Crippen LogP contribution in [0.2, 0.25) is 10.0 Å². The van der Waals surface area contributed by atoms with Gasteiger partial charge in [-0.2, -0.15) is 0 Å². The zero-order chi connectivity index (χ0) is 29.3. The molecule has 1 fully saturated rings. The van der Waals surface area contributed by atoms with Gasteiger partial charge in [-0.3, -0.25) is 4.79 Å². The molecule has 5 rings (SSSR count). The summed E-state index contributed by atoms with van der Waals surface area (Å²) in [5.41, 5.74) is 2.47. The minimum Gasteiger partial charge on any atom is -0.495 e. The summed E-state index contributed by atoms with van der Waals surface area (Å²) in [6, 6.07) is 21.2. The fourth-order valence-corrected chi connectivity index (χ4v) is 5.79. The van der Waals surface area contributed by atoms with Crippen molar-refractivity contribution >= 4 is 40.0 Å². The number of piperazine rings is 1. The molecule has 0 saturated carbocycles. The minimum absolute atomic E-state index is 0.136. The molecule has 9 heteroatoms. The fourth-order valence-electron chi connectivity index (χ4n) is 5.47. The highest BCUT2D eigenvalue weighted by atomic mass is 35.5. The maximum Gasteiger partial charge on any atom is 0.253 e. The number of halogens is 2. The van der Waals surface area contributed by atoms with Crippen molar-refractivity contribution in [2.75, 3.05) is 53.0 Å². The Morgan fingerprint density at radius 3 is 2.31 bits per heavy atom. The first-order chi connectivity index (χ1) is 20.5. The van der Waals surface area contributed by atoms with Crippen molar-refractivity contribution in [1.29, 1.82) is 0 Å². The number of nitrogens with one attached hydrogen (secondary N) is 1. The lowest BCUT2D eigenvalue weighted by molar-refractivity contribution is 0.0952. The number of carbonyl (C=O) groups is 1. The average molecular weight is 610 g/mol. The van der Waals surface area contributed by atoms with Crippen LogP contribution in [0, 0.1) is 0 Å². The number of carbonyl (C=O) groups excluding carboxylic acids is 1. The van der Waals surface area contributed by atoms with Crippen molar-refractivity contribution in [3.8, 4) is 11.5 Å². The van der Waals surface area contributed by atoms with E-state index in [4.69, 9.17) is 32.7 Å². The number of aromatic nitrogens is 1. The van der Waals surface area contributed by atoms with Crippen LogP contribution in [-0.2, 0) is 13.1 Å². The first kappa shape index (κ1) is 30.2. The van der Waals surface area contributed by atoms with E-state index in [0.29, 0.717) is 22.2 Å². The van der Waals surface area contributed by atoms with Crippen LogP contribution in [0.5, 0.6) is 11.5 Å². The zero-order valence-corrected chi connectivity index (χ0v) is 25.5. The molecule has 0 bridgehead atoms. The SMILES string of the molecule is COc1cccc2c(C(=O)NCc3ccc(Cl)c(Cl)c3)cn(CCCN3CCN(CCCOc4ccccc4)CC3)c12. The van der Waals surface area contributed by atoms with Gasteiger partial charge in [0.15, 0.2) is 0 Å². The van der Waals surface area contributed by atoms with Gasteiger partial charge in [-0.25, -0.2) is 0 Å². The van der Waals surface area contributed by atoms with Crippen molar-refractivity contribution in [2.45, 2.75) is 25.9 Å². The standard InChI is InChI=1S/C33H38Cl2N4O3/c1-41-31-11-5-10-27-28(33(40)36-23-25-12-13-29(34)30(35)22-25)24-39(32(27)31)16-6-14-37-17-19-38(20-18-37)15-7-21-42-26-8-3-2-4-9-26/h2-5,8-13,22,24H,6-7,14-21,23H2,1H3,(H,36,40). The second-order valence-corrected chi connectivity index (χ2v) is 11.4. The molecule has 2 heterocycles. The topological polar surface area (TPSA) is 59.0 Å². The van der Waals surface area contributed by atoms with E-state index >= 15 is 0 Å². The maximum atomic E-state index is 13.3. The molecular weight excluding hydrogens is 571 g/mol. The van der Waals surface area contributed by atoms with Crippen LogP contribution >= 0.6 is 23.2 Å². The Bertz CT molecular complexity index is 1470. The summed E-state index contributed by atoms with van der Waals surface area (Å²) < 4.78 is 13.7. The summed E-state index contributed by atoms with van der Waals surface area (Å²) >= 11 is 12.2. The number of methoxy groups -OCH3 is 1. The number of amides is 1. The van der Waals surface area contributed by atoms with Crippen LogP contribution in [0.15, 0.2) is 72.9 Å². The molecule has 3 aromatic carbocycles. The van der Waals surface area contributed by atoms with Gasteiger partial charge >= 0.3 is 0 Å². The number of rotatable bonds is 13. The summed E-state index contributed by atoms with van der Waals surface area (Å²) in [5, 5.41) is 4.87. The zero-order valence-electron chi connectivity index (χ0n) is 24.0. The normalized spacial score (nSPS) is 14.3. The second-order valence-electron chi connectivity index (χ2n) is 10.6. The molecular formula is C33H38Cl2N4O3. The molecule has 1 aliphatic heterocycles. The number of aryl methyl sites for hydroxylation is 1. The molecule has 1 amide bonds. The largest absolute Gasteiger partial charge is 0.495 e. The van der Waals surface area contributed by atoms with Crippen LogP contribution in [0.3, 0.4) is 0 Å². The third-order valence-corrected chi connectivity index (χ3v) is 8.47. The molecule has 222 valence electrons. The van der Waals surface area contributed by atoms with Gasteiger partial charge in [0.05, 0.1) is 34.8 Å². The third kappa shape index (κ3) is 7.78. The molecule has 1 aliphatic rings. The van der Waals surface area contributed by atoms with Gasteiger partial charge < -0.3 is 29.2 Å². The van der Waals surface area contributed by atoms with Crippen LogP contribution < -0.4 is 14.8 Å². The maximum absolute atomic E-state index is 13.3. The summed E-state index contributed by atoms with van der Waals surface area (Å²) in [4.78, 5) is 18.3. The lowest BCUT2D eigenvalue weighted by Gasteiger charge is -2.34. The molecule has 1 N–H and O–H groups in total. The Labute approximate surface area is 257 Å². The van der Waals surface area contributed by atoms with Crippen LogP contribution in [0.25, 0.3) is 10.9 Å². The number of hydrogen-bond donors (Lipinski definition) is 1. The highest BCUT2D eigenvalue weighted by molar-refractivity contribution is 6.42. The van der Waals surface area contributed by atoms with Gasteiger partial charge in [-0.05, 0) is 55.3 Å². The van der Waals surface area contributed by atoms with Crippen molar-refractivity contribution < 1.29 is 14.3 Å². The first-order valence-corrected chi connectivity index (χ1v) is 15.3. The van der Waals surface area contributed by atoms with Gasteiger partial charge in [-0.15, -0.1) is 0 Å². The molecule has 0 aliphatic carbocycles.